The number of halogens is 1. The predicted molar refractivity (Wildman–Crippen MR) is 59.6 cm³/mol. The molecule has 0 aliphatic rings. The molecule has 0 fully saturated rings. The Bertz CT molecular complexity index is 352. The third-order valence-corrected chi connectivity index (χ3v) is 2.33. The maximum absolute atomic E-state index is 13.6. The van der Waals surface area contributed by atoms with Crippen LogP contribution in [0.15, 0.2) is 18.2 Å². The van der Waals surface area contributed by atoms with E-state index in [4.69, 9.17) is 0 Å². The van der Waals surface area contributed by atoms with E-state index < -0.39 is 0 Å². The fourth-order valence-corrected chi connectivity index (χ4v) is 1.23. The number of nitrogens with one attached hydrogen (secondary N) is 1. The number of rotatable bonds is 4. The summed E-state index contributed by atoms with van der Waals surface area (Å²) in [7, 11) is 1.83. The lowest BCUT2D eigenvalue weighted by atomic mass is 10.2. The average molecular weight is 210 g/mol. The topological polar surface area (TPSA) is 32.3 Å². The van der Waals surface area contributed by atoms with E-state index in [1.54, 1.807) is 12.1 Å². The first-order valence-corrected chi connectivity index (χ1v) is 4.79. The number of benzene rings is 1. The van der Waals surface area contributed by atoms with Crippen LogP contribution < -0.4 is 10.2 Å². The van der Waals surface area contributed by atoms with Crippen molar-refractivity contribution in [1.29, 1.82) is 0 Å². The summed E-state index contributed by atoms with van der Waals surface area (Å²) in [4.78, 5) is 12.0. The second-order valence-corrected chi connectivity index (χ2v) is 3.63. The molecular formula is C11H15FN2O. The third-order valence-electron chi connectivity index (χ3n) is 2.33. The number of hydrogen-bond acceptors (Lipinski definition) is 2. The van der Waals surface area contributed by atoms with Crippen LogP contribution in [0.1, 0.15) is 13.8 Å². The Morgan fingerprint density at radius 1 is 1.47 bits per heavy atom. The van der Waals surface area contributed by atoms with Crippen LogP contribution in [0, 0.1) is 5.82 Å². The number of hydrogen-bond donors (Lipinski definition) is 1. The van der Waals surface area contributed by atoms with Gasteiger partial charge in [0.25, 0.3) is 0 Å². The van der Waals surface area contributed by atoms with Gasteiger partial charge in [-0.05, 0) is 32.0 Å². The first-order chi connectivity index (χ1) is 7.06. The van der Waals surface area contributed by atoms with Crippen LogP contribution in [-0.2, 0) is 4.79 Å². The molecule has 0 unspecified atom stereocenters. The van der Waals surface area contributed by atoms with Crippen LogP contribution in [0.5, 0.6) is 0 Å². The highest BCUT2D eigenvalue weighted by atomic mass is 19.1. The van der Waals surface area contributed by atoms with Crippen molar-refractivity contribution in [3.63, 3.8) is 0 Å². The molecule has 0 saturated heterocycles. The number of carbonyl (C=O) groups is 1. The van der Waals surface area contributed by atoms with E-state index in [0.29, 0.717) is 17.8 Å². The molecule has 3 nitrogen and oxygen atoms in total. The highest BCUT2D eigenvalue weighted by Gasteiger charge is 2.10. The fraction of sp³-hybridized carbons (Fsp3) is 0.364. The summed E-state index contributed by atoms with van der Waals surface area (Å²) in [5.74, 6) is -0.335. The highest BCUT2D eigenvalue weighted by Crippen LogP contribution is 2.22. The van der Waals surface area contributed by atoms with Gasteiger partial charge in [0.1, 0.15) is 5.82 Å². The quantitative estimate of drug-likeness (QED) is 0.773. The Hall–Kier alpha value is -1.58. The zero-order valence-electron chi connectivity index (χ0n) is 9.12. The molecule has 1 aromatic carbocycles. The molecule has 0 aliphatic heterocycles. The van der Waals surface area contributed by atoms with Gasteiger partial charge in [0.15, 0.2) is 0 Å². The Morgan fingerprint density at radius 2 is 2.13 bits per heavy atom. The van der Waals surface area contributed by atoms with E-state index in [1.165, 1.54) is 6.07 Å². The van der Waals surface area contributed by atoms with E-state index in [0.717, 1.165) is 0 Å². The SMILES string of the molecule is CC(C)N(C)c1ccc(NC=O)cc1F. The molecular weight excluding hydrogens is 195 g/mol. The molecule has 0 spiro atoms. The molecule has 0 atom stereocenters. The van der Waals surface area contributed by atoms with E-state index in [2.05, 4.69) is 5.32 Å². The molecule has 0 bridgehead atoms. The van der Waals surface area contributed by atoms with Crippen molar-refractivity contribution in [3.8, 4) is 0 Å². The largest absolute Gasteiger partial charge is 0.370 e. The van der Waals surface area contributed by atoms with Gasteiger partial charge in [-0.15, -0.1) is 0 Å². The standard InChI is InChI=1S/C11H15FN2O/c1-8(2)14(3)11-5-4-9(13-7-15)6-10(11)12/h4-8H,1-3H3,(H,13,15). The molecule has 0 saturated carbocycles. The minimum atomic E-state index is -0.335. The summed E-state index contributed by atoms with van der Waals surface area (Å²) in [6.45, 7) is 3.97. The van der Waals surface area contributed by atoms with Crippen molar-refractivity contribution < 1.29 is 9.18 Å². The highest BCUT2D eigenvalue weighted by molar-refractivity contribution is 5.72. The van der Waals surface area contributed by atoms with Crippen molar-refractivity contribution in [2.75, 3.05) is 17.3 Å². The number of amides is 1. The van der Waals surface area contributed by atoms with Crippen LogP contribution in [0.4, 0.5) is 15.8 Å². The molecule has 0 heterocycles. The van der Waals surface area contributed by atoms with Crippen molar-refractivity contribution in [1.82, 2.24) is 0 Å². The zero-order valence-corrected chi connectivity index (χ0v) is 9.12. The molecule has 4 heteroatoms. The second kappa shape index (κ2) is 4.77. The van der Waals surface area contributed by atoms with Crippen LogP contribution in [0.25, 0.3) is 0 Å². The molecule has 82 valence electrons. The molecule has 15 heavy (non-hydrogen) atoms. The van der Waals surface area contributed by atoms with E-state index in [1.807, 2.05) is 25.8 Å². The number of carbonyl (C=O) groups excluding carboxylic acids is 1. The van der Waals surface area contributed by atoms with Gasteiger partial charge >= 0.3 is 0 Å². The lowest BCUT2D eigenvalue weighted by Gasteiger charge is -2.24. The predicted octanol–water partition coefficient (Wildman–Crippen LogP) is 2.24. The van der Waals surface area contributed by atoms with Gasteiger partial charge in [0.2, 0.25) is 6.41 Å². The van der Waals surface area contributed by atoms with Crippen LogP contribution >= 0.6 is 0 Å². The maximum atomic E-state index is 13.6. The Kier molecular flexibility index (Phi) is 3.66. The first-order valence-electron chi connectivity index (χ1n) is 4.79. The molecule has 1 rings (SSSR count). The second-order valence-electron chi connectivity index (χ2n) is 3.63. The van der Waals surface area contributed by atoms with Gasteiger partial charge in [-0.25, -0.2) is 4.39 Å². The van der Waals surface area contributed by atoms with Gasteiger partial charge in [-0.3, -0.25) is 4.79 Å². The Labute approximate surface area is 88.9 Å². The normalized spacial score (nSPS) is 10.2. The minimum Gasteiger partial charge on any atom is -0.370 e. The van der Waals surface area contributed by atoms with Crippen molar-refractivity contribution in [3.05, 3.63) is 24.0 Å². The molecule has 0 aromatic heterocycles. The summed E-state index contributed by atoms with van der Waals surface area (Å²) in [6, 6.07) is 4.86. The van der Waals surface area contributed by atoms with E-state index in [-0.39, 0.29) is 11.9 Å². The first kappa shape index (κ1) is 11.5. The summed E-state index contributed by atoms with van der Waals surface area (Å²) in [5.41, 5.74) is 0.991. The van der Waals surface area contributed by atoms with E-state index >= 15 is 0 Å². The maximum Gasteiger partial charge on any atom is 0.211 e. The van der Waals surface area contributed by atoms with Crippen LogP contribution in [0.3, 0.4) is 0 Å². The van der Waals surface area contributed by atoms with Gasteiger partial charge < -0.3 is 10.2 Å². The molecule has 1 N–H and O–H groups in total. The average Bonchev–Trinajstić information content (AvgIpc) is 2.17. The molecule has 0 aliphatic carbocycles. The van der Waals surface area contributed by atoms with Crippen molar-refractivity contribution >= 4 is 17.8 Å². The van der Waals surface area contributed by atoms with E-state index in [9.17, 15) is 9.18 Å². The van der Waals surface area contributed by atoms with Gasteiger partial charge in [0.05, 0.1) is 5.69 Å². The number of anilines is 2. The summed E-state index contributed by atoms with van der Waals surface area (Å²) in [6.07, 6.45) is 0.528. The van der Waals surface area contributed by atoms with Gasteiger partial charge in [0, 0.05) is 18.8 Å². The smallest absolute Gasteiger partial charge is 0.211 e. The number of nitrogens with zero attached hydrogens (tertiary/aromatic N) is 1. The van der Waals surface area contributed by atoms with Crippen LogP contribution in [0.2, 0.25) is 0 Å². The lowest BCUT2D eigenvalue weighted by molar-refractivity contribution is -0.105. The zero-order chi connectivity index (χ0) is 11.4. The summed E-state index contributed by atoms with van der Waals surface area (Å²) >= 11 is 0. The fourth-order valence-electron chi connectivity index (χ4n) is 1.23. The monoisotopic (exact) mass is 210 g/mol. The Morgan fingerprint density at radius 3 is 2.60 bits per heavy atom. The summed E-state index contributed by atoms with van der Waals surface area (Å²) in [5, 5.41) is 2.40. The minimum absolute atomic E-state index is 0.226. The lowest BCUT2D eigenvalue weighted by Crippen LogP contribution is -2.26. The van der Waals surface area contributed by atoms with Gasteiger partial charge in [-0.2, -0.15) is 0 Å². The van der Waals surface area contributed by atoms with Gasteiger partial charge in [-0.1, -0.05) is 0 Å². The molecule has 1 amide bonds. The van der Waals surface area contributed by atoms with Crippen molar-refractivity contribution in [2.45, 2.75) is 19.9 Å². The van der Waals surface area contributed by atoms with Crippen LogP contribution in [-0.4, -0.2) is 19.5 Å². The summed E-state index contributed by atoms with van der Waals surface area (Å²) < 4.78 is 13.6. The molecule has 0 radical (unpaired) electrons. The molecule has 1 aromatic rings. The Balaban J connectivity index is 2.97. The third kappa shape index (κ3) is 2.68. The van der Waals surface area contributed by atoms with Crippen molar-refractivity contribution in [2.24, 2.45) is 0 Å².